The van der Waals surface area contributed by atoms with Gasteiger partial charge in [0.15, 0.2) is 0 Å². The van der Waals surface area contributed by atoms with Gasteiger partial charge in [-0.05, 0) is 48.7 Å². The number of likely N-dealkylation sites (tertiary alicyclic amines) is 1. The Morgan fingerprint density at radius 2 is 1.69 bits per heavy atom. The van der Waals surface area contributed by atoms with Crippen molar-refractivity contribution in [1.29, 1.82) is 0 Å². The van der Waals surface area contributed by atoms with Crippen LogP contribution in [0, 0.1) is 0 Å². The molecule has 1 aliphatic heterocycles. The van der Waals surface area contributed by atoms with Crippen LogP contribution in [0.2, 0.25) is 5.02 Å². The first-order valence-electron chi connectivity index (χ1n) is 11.4. The third-order valence-electron chi connectivity index (χ3n) is 6.76. The number of piperidine rings is 1. The minimum atomic E-state index is -1.12. The number of aromatic carboxylic acids is 1. The molecule has 178 valence electrons. The molecule has 0 spiro atoms. The smallest absolute Gasteiger partial charge is 0.338 e. The van der Waals surface area contributed by atoms with E-state index < -0.39 is 11.6 Å². The average Bonchev–Trinajstić information content (AvgIpc) is 2.86. The molecule has 0 bridgehead atoms. The number of nitrogens with zero attached hydrogens (tertiary/aromatic N) is 3. The van der Waals surface area contributed by atoms with Crippen molar-refractivity contribution in [3.63, 3.8) is 0 Å². The Bertz CT molecular complexity index is 1450. The Labute approximate surface area is 206 Å². The molecule has 0 radical (unpaired) electrons. The van der Waals surface area contributed by atoms with Gasteiger partial charge in [0, 0.05) is 43.1 Å². The van der Waals surface area contributed by atoms with Crippen LogP contribution in [-0.2, 0) is 12.1 Å². The molecule has 35 heavy (non-hydrogen) atoms. The standard InChI is InChI=1S/C27H24ClN3O4/c28-21-8-4-7-20-23(21)25(32)31(19-5-2-1-3-6-19)22(24(20)26(33)34)17-30-15-11-27(35,12-16-30)18-9-13-29-14-10-18/h1-10,13-14,35H,11-12,15-17H2,(H,33,34). The van der Waals surface area contributed by atoms with Gasteiger partial charge >= 0.3 is 5.97 Å². The molecule has 0 saturated carbocycles. The SMILES string of the molecule is O=C(O)c1c(CN2CCC(O)(c3ccncc3)CC2)n(-c2ccccc2)c(=O)c2c(Cl)cccc12. The highest BCUT2D eigenvalue weighted by Crippen LogP contribution is 2.34. The van der Waals surface area contributed by atoms with E-state index in [0.717, 1.165) is 5.56 Å². The molecule has 7 nitrogen and oxygen atoms in total. The number of aromatic nitrogens is 2. The van der Waals surface area contributed by atoms with Crippen LogP contribution in [0.5, 0.6) is 0 Å². The maximum absolute atomic E-state index is 13.7. The van der Waals surface area contributed by atoms with Crippen molar-refractivity contribution < 1.29 is 15.0 Å². The van der Waals surface area contributed by atoms with E-state index in [0.29, 0.717) is 42.7 Å². The number of benzene rings is 2. The molecule has 1 fully saturated rings. The second-order valence-electron chi connectivity index (χ2n) is 8.81. The second kappa shape index (κ2) is 9.26. The van der Waals surface area contributed by atoms with E-state index in [1.807, 2.05) is 18.2 Å². The quantitative estimate of drug-likeness (QED) is 0.436. The van der Waals surface area contributed by atoms with Crippen molar-refractivity contribution >= 4 is 28.3 Å². The molecule has 4 aromatic rings. The van der Waals surface area contributed by atoms with Crippen LogP contribution in [0.25, 0.3) is 16.5 Å². The van der Waals surface area contributed by atoms with Crippen LogP contribution in [0.4, 0.5) is 0 Å². The zero-order valence-corrected chi connectivity index (χ0v) is 19.7. The highest BCUT2D eigenvalue weighted by Gasteiger charge is 2.35. The van der Waals surface area contributed by atoms with E-state index in [9.17, 15) is 19.8 Å². The minimum absolute atomic E-state index is 0.0564. The van der Waals surface area contributed by atoms with E-state index in [1.165, 1.54) is 4.57 Å². The maximum atomic E-state index is 13.7. The molecule has 0 unspecified atom stereocenters. The molecule has 2 aromatic carbocycles. The number of rotatable bonds is 5. The normalized spacial score (nSPS) is 15.8. The molecule has 1 aliphatic rings. The molecule has 3 heterocycles. The van der Waals surface area contributed by atoms with E-state index in [1.54, 1.807) is 54.9 Å². The van der Waals surface area contributed by atoms with Gasteiger partial charge < -0.3 is 10.2 Å². The number of carboxylic acid groups (broad SMARTS) is 1. The molecule has 5 rings (SSSR count). The lowest BCUT2D eigenvalue weighted by molar-refractivity contribution is -0.0282. The topological polar surface area (TPSA) is 95.7 Å². The van der Waals surface area contributed by atoms with E-state index in [4.69, 9.17) is 11.6 Å². The number of hydrogen-bond acceptors (Lipinski definition) is 5. The predicted molar refractivity (Wildman–Crippen MR) is 134 cm³/mol. The van der Waals surface area contributed by atoms with E-state index in [2.05, 4.69) is 9.88 Å². The summed E-state index contributed by atoms with van der Waals surface area (Å²) >= 11 is 6.38. The van der Waals surface area contributed by atoms with Crippen LogP contribution in [0.3, 0.4) is 0 Å². The second-order valence-corrected chi connectivity index (χ2v) is 9.22. The summed E-state index contributed by atoms with van der Waals surface area (Å²) in [6.07, 6.45) is 4.29. The van der Waals surface area contributed by atoms with Gasteiger partial charge in [0.05, 0.1) is 27.3 Å². The van der Waals surface area contributed by atoms with Crippen LogP contribution < -0.4 is 5.56 Å². The fourth-order valence-electron chi connectivity index (χ4n) is 4.93. The zero-order chi connectivity index (χ0) is 24.6. The number of aliphatic hydroxyl groups is 1. The third-order valence-corrected chi connectivity index (χ3v) is 7.08. The lowest BCUT2D eigenvalue weighted by Gasteiger charge is -2.39. The Morgan fingerprint density at radius 1 is 1.00 bits per heavy atom. The van der Waals surface area contributed by atoms with Gasteiger partial charge in [0.2, 0.25) is 0 Å². The maximum Gasteiger partial charge on any atom is 0.338 e. The highest BCUT2D eigenvalue weighted by atomic mass is 35.5. The van der Waals surface area contributed by atoms with Gasteiger partial charge in [0.25, 0.3) is 5.56 Å². The van der Waals surface area contributed by atoms with Crippen LogP contribution >= 0.6 is 11.6 Å². The van der Waals surface area contributed by atoms with Crippen molar-refractivity contribution in [3.05, 3.63) is 105 Å². The Balaban J connectivity index is 1.60. The van der Waals surface area contributed by atoms with Crippen molar-refractivity contribution in [2.75, 3.05) is 13.1 Å². The fourth-order valence-corrected chi connectivity index (χ4v) is 5.19. The van der Waals surface area contributed by atoms with Crippen LogP contribution in [0.1, 0.15) is 34.5 Å². The number of carboxylic acids is 1. The molecule has 8 heteroatoms. The fraction of sp³-hybridized carbons (Fsp3) is 0.222. The number of pyridine rings is 2. The van der Waals surface area contributed by atoms with Gasteiger partial charge in [-0.25, -0.2) is 4.79 Å². The summed E-state index contributed by atoms with van der Waals surface area (Å²) in [5, 5.41) is 22.2. The summed E-state index contributed by atoms with van der Waals surface area (Å²) in [6.45, 7) is 1.31. The van der Waals surface area contributed by atoms with E-state index >= 15 is 0 Å². The van der Waals surface area contributed by atoms with Crippen molar-refractivity contribution in [3.8, 4) is 5.69 Å². The van der Waals surface area contributed by atoms with Gasteiger partial charge in [-0.15, -0.1) is 0 Å². The lowest BCUT2D eigenvalue weighted by atomic mass is 9.85. The molecule has 2 N–H and O–H groups in total. The number of halogens is 1. The van der Waals surface area contributed by atoms with Crippen molar-refractivity contribution in [2.24, 2.45) is 0 Å². The molecule has 0 aliphatic carbocycles. The number of fused-ring (bicyclic) bond motifs is 1. The lowest BCUT2D eigenvalue weighted by Crippen LogP contribution is -2.43. The predicted octanol–water partition coefficient (Wildman–Crippen LogP) is 4.22. The number of carbonyl (C=O) groups is 1. The third kappa shape index (κ3) is 4.23. The first-order valence-corrected chi connectivity index (χ1v) is 11.8. The van der Waals surface area contributed by atoms with Gasteiger partial charge in [-0.2, -0.15) is 0 Å². The van der Waals surface area contributed by atoms with E-state index in [-0.39, 0.29) is 28.1 Å². The zero-order valence-electron chi connectivity index (χ0n) is 18.9. The summed E-state index contributed by atoms with van der Waals surface area (Å²) < 4.78 is 1.46. The van der Waals surface area contributed by atoms with Crippen molar-refractivity contribution in [1.82, 2.24) is 14.5 Å². The number of hydrogen-bond donors (Lipinski definition) is 2. The average molecular weight is 490 g/mol. The summed E-state index contributed by atoms with van der Waals surface area (Å²) in [6, 6.07) is 17.5. The Hall–Kier alpha value is -3.52. The highest BCUT2D eigenvalue weighted by molar-refractivity contribution is 6.35. The first-order chi connectivity index (χ1) is 16.9. The van der Waals surface area contributed by atoms with Crippen LogP contribution in [-0.4, -0.2) is 43.7 Å². The molecule has 1 saturated heterocycles. The summed E-state index contributed by atoms with van der Waals surface area (Å²) in [7, 11) is 0. The molecule has 2 aromatic heterocycles. The first kappa shape index (κ1) is 23.2. The molecule has 0 atom stereocenters. The molecular formula is C27H24ClN3O4. The largest absolute Gasteiger partial charge is 0.478 e. The van der Waals surface area contributed by atoms with Gasteiger partial charge in [-0.3, -0.25) is 19.2 Å². The summed E-state index contributed by atoms with van der Waals surface area (Å²) in [4.78, 5) is 32.3. The van der Waals surface area contributed by atoms with Crippen LogP contribution in [0.15, 0.2) is 77.9 Å². The van der Waals surface area contributed by atoms with Gasteiger partial charge in [-0.1, -0.05) is 41.9 Å². The summed E-state index contributed by atoms with van der Waals surface area (Å²) in [5.74, 6) is -1.12. The minimum Gasteiger partial charge on any atom is -0.478 e. The molecular weight excluding hydrogens is 466 g/mol. The molecule has 0 amide bonds. The van der Waals surface area contributed by atoms with Crippen molar-refractivity contribution in [2.45, 2.75) is 25.0 Å². The Morgan fingerprint density at radius 3 is 2.34 bits per heavy atom. The van der Waals surface area contributed by atoms with Gasteiger partial charge in [0.1, 0.15) is 0 Å². The monoisotopic (exact) mass is 489 g/mol. The number of para-hydroxylation sites is 1. The Kier molecular flexibility index (Phi) is 6.15. The summed E-state index contributed by atoms with van der Waals surface area (Å²) in [5.41, 5.74) is 0.508.